The largest absolute Gasteiger partial charge is 0.459 e. The van der Waals surface area contributed by atoms with Gasteiger partial charge in [0.05, 0.1) is 19.9 Å². The summed E-state index contributed by atoms with van der Waals surface area (Å²) in [5, 5.41) is 8.75. The van der Waals surface area contributed by atoms with Crippen LogP contribution in [0.4, 0.5) is 14.4 Å². The van der Waals surface area contributed by atoms with Crippen LogP contribution in [-0.4, -0.2) is 95.7 Å². The average molecular weight is 506 g/mol. The number of esters is 2. The lowest BCUT2D eigenvalue weighted by molar-refractivity contribution is -0.151. The van der Waals surface area contributed by atoms with E-state index in [2.05, 4.69) is 42.1 Å². The van der Waals surface area contributed by atoms with Gasteiger partial charge in [0.2, 0.25) is 0 Å². The molecule has 16 nitrogen and oxygen atoms in total. The summed E-state index contributed by atoms with van der Waals surface area (Å²) >= 11 is 0. The number of alkyl carbamates (subject to hydrolysis) is 3. The van der Waals surface area contributed by atoms with Crippen molar-refractivity contribution in [2.75, 3.05) is 53.5 Å². The highest BCUT2D eigenvalue weighted by molar-refractivity contribution is 5.87. The Hall–Kier alpha value is -4.08. The summed E-state index contributed by atoms with van der Waals surface area (Å²) < 4.78 is 28.2. The third-order valence-electron chi connectivity index (χ3n) is 3.28. The van der Waals surface area contributed by atoms with Gasteiger partial charge in [-0.2, -0.15) is 0 Å². The molecule has 16 heteroatoms. The fourth-order valence-corrected chi connectivity index (χ4v) is 1.75. The van der Waals surface area contributed by atoms with E-state index in [1.165, 1.54) is 14.0 Å². The molecule has 4 amide bonds. The van der Waals surface area contributed by atoms with Gasteiger partial charge in [0.15, 0.2) is 13.2 Å². The number of nitrogens with one attached hydrogen (secondary N) is 4. The van der Waals surface area contributed by atoms with Crippen molar-refractivity contribution < 1.29 is 57.2 Å². The summed E-state index contributed by atoms with van der Waals surface area (Å²) in [6, 6.07) is 0. The zero-order chi connectivity index (χ0) is 26.6. The molecule has 0 aromatic carbocycles. The van der Waals surface area contributed by atoms with Crippen molar-refractivity contribution in [2.24, 2.45) is 0 Å². The van der Waals surface area contributed by atoms with Crippen LogP contribution in [0.1, 0.15) is 13.8 Å². The lowest BCUT2D eigenvalue weighted by Crippen LogP contribution is -2.41. The van der Waals surface area contributed by atoms with Crippen molar-refractivity contribution in [3.05, 3.63) is 12.2 Å². The molecule has 0 radical (unpaired) electrons. The molecule has 0 rings (SSSR count). The van der Waals surface area contributed by atoms with Crippen LogP contribution in [0, 0.1) is 0 Å². The molecule has 0 aromatic heterocycles. The average Bonchev–Trinajstić information content (AvgIpc) is 2.78. The number of hydrogen-bond acceptors (Lipinski definition) is 12. The minimum absolute atomic E-state index is 0.175. The second-order valence-electron chi connectivity index (χ2n) is 6.44. The first kappa shape index (κ1) is 30.9. The number of carbonyl (C=O) groups is 6. The van der Waals surface area contributed by atoms with E-state index in [-0.39, 0.29) is 38.7 Å². The number of rotatable bonds is 15. The first-order valence-corrected chi connectivity index (χ1v) is 10.0. The molecule has 0 saturated carbocycles. The summed E-state index contributed by atoms with van der Waals surface area (Å²) in [4.78, 5) is 68.4. The van der Waals surface area contributed by atoms with Gasteiger partial charge in [0, 0.05) is 12.7 Å². The van der Waals surface area contributed by atoms with Crippen LogP contribution in [0.3, 0.4) is 0 Å². The van der Waals surface area contributed by atoms with Gasteiger partial charge in [-0.1, -0.05) is 6.58 Å². The smallest absolute Gasteiger partial charge is 0.409 e. The Labute approximate surface area is 200 Å². The third-order valence-corrected chi connectivity index (χ3v) is 3.28. The minimum Gasteiger partial charge on any atom is -0.459 e. The predicted molar refractivity (Wildman–Crippen MR) is 115 cm³/mol. The van der Waals surface area contributed by atoms with Crippen molar-refractivity contribution in [3.8, 4) is 0 Å². The van der Waals surface area contributed by atoms with E-state index in [1.54, 1.807) is 6.92 Å². The lowest BCUT2D eigenvalue weighted by Gasteiger charge is -2.13. The number of ether oxygens (including phenoxy) is 6. The molecule has 198 valence electrons. The van der Waals surface area contributed by atoms with Crippen LogP contribution in [0.2, 0.25) is 0 Å². The maximum absolute atomic E-state index is 11.6. The predicted octanol–water partition coefficient (Wildman–Crippen LogP) is -1.11. The van der Waals surface area contributed by atoms with E-state index in [0.29, 0.717) is 0 Å². The van der Waals surface area contributed by atoms with Gasteiger partial charge >= 0.3 is 30.2 Å². The van der Waals surface area contributed by atoms with Gasteiger partial charge < -0.3 is 49.7 Å². The molecule has 0 heterocycles. The maximum Gasteiger partial charge on any atom is 0.409 e. The molecular formula is C19H30N4O12. The minimum atomic E-state index is -1.06. The topological polar surface area (TPSA) is 206 Å². The zero-order valence-electron chi connectivity index (χ0n) is 19.6. The summed E-state index contributed by atoms with van der Waals surface area (Å²) in [6.45, 7) is 4.12. The van der Waals surface area contributed by atoms with Crippen molar-refractivity contribution in [1.82, 2.24) is 21.3 Å². The van der Waals surface area contributed by atoms with Crippen LogP contribution in [0.25, 0.3) is 0 Å². The SMILES string of the molecule is C=C(C)C(=O)OCCOC(=O)NCNC(=O)OCC(=O)OCC(=O)NCNC(=O)OC(C)COC. The Morgan fingerprint density at radius 1 is 0.771 bits per heavy atom. The highest BCUT2D eigenvalue weighted by atomic mass is 16.6. The molecule has 1 atom stereocenters. The van der Waals surface area contributed by atoms with Crippen LogP contribution in [0.15, 0.2) is 12.2 Å². The van der Waals surface area contributed by atoms with Crippen molar-refractivity contribution in [1.29, 1.82) is 0 Å². The Bertz CT molecular complexity index is 758. The third kappa shape index (κ3) is 18.1. The fraction of sp³-hybridized carbons (Fsp3) is 0.579. The maximum atomic E-state index is 11.6. The monoisotopic (exact) mass is 506 g/mol. The van der Waals surface area contributed by atoms with Gasteiger partial charge in [0.1, 0.15) is 19.3 Å². The Morgan fingerprint density at radius 3 is 1.97 bits per heavy atom. The van der Waals surface area contributed by atoms with Crippen LogP contribution < -0.4 is 21.3 Å². The molecule has 0 aliphatic heterocycles. The van der Waals surface area contributed by atoms with Crippen LogP contribution >= 0.6 is 0 Å². The highest BCUT2D eigenvalue weighted by Crippen LogP contribution is 1.92. The van der Waals surface area contributed by atoms with Crippen molar-refractivity contribution in [2.45, 2.75) is 20.0 Å². The molecule has 0 fully saturated rings. The van der Waals surface area contributed by atoms with Gasteiger partial charge in [-0.05, 0) is 13.8 Å². The normalized spacial score (nSPS) is 10.6. The number of methoxy groups -OCH3 is 1. The molecule has 0 saturated heterocycles. The molecule has 0 spiro atoms. The first-order chi connectivity index (χ1) is 16.5. The molecular weight excluding hydrogens is 476 g/mol. The van der Waals surface area contributed by atoms with E-state index in [9.17, 15) is 28.8 Å². The van der Waals surface area contributed by atoms with Crippen LogP contribution in [0.5, 0.6) is 0 Å². The van der Waals surface area contributed by atoms with E-state index >= 15 is 0 Å². The van der Waals surface area contributed by atoms with Crippen LogP contribution in [-0.2, 0) is 42.8 Å². The number of carbonyl (C=O) groups excluding carboxylic acids is 6. The zero-order valence-corrected chi connectivity index (χ0v) is 19.6. The van der Waals surface area contributed by atoms with Gasteiger partial charge in [-0.15, -0.1) is 0 Å². The standard InChI is InChI=1S/C19H30N4O12/c1-12(2)16(26)31-5-6-32-17(27)21-11-22-18(28)34-9-15(25)33-8-14(24)20-10-23-19(29)35-13(3)7-30-4/h13H,1,5-11H2,2-4H3,(H,20,24)(H,21,27)(H,22,28)(H,23,29). The molecule has 1 unspecified atom stereocenters. The number of amides is 4. The van der Waals surface area contributed by atoms with E-state index in [1.807, 2.05) is 0 Å². The highest BCUT2D eigenvalue weighted by Gasteiger charge is 2.12. The van der Waals surface area contributed by atoms with Crippen molar-refractivity contribution >= 4 is 36.1 Å². The van der Waals surface area contributed by atoms with Gasteiger partial charge in [-0.3, -0.25) is 4.79 Å². The molecule has 0 aliphatic rings. The molecule has 0 aliphatic carbocycles. The Morgan fingerprint density at radius 2 is 1.34 bits per heavy atom. The Kier molecular flexibility index (Phi) is 16.2. The summed E-state index contributed by atoms with van der Waals surface area (Å²) in [6.07, 6.45) is -3.23. The lowest BCUT2D eigenvalue weighted by atomic mass is 10.4. The summed E-state index contributed by atoms with van der Waals surface area (Å²) in [5.41, 5.74) is 0.199. The molecule has 4 N–H and O–H groups in total. The van der Waals surface area contributed by atoms with Gasteiger partial charge in [0.25, 0.3) is 5.91 Å². The summed E-state index contributed by atoms with van der Waals surface area (Å²) in [5.74, 6) is -2.38. The van der Waals surface area contributed by atoms with Crippen molar-refractivity contribution in [3.63, 3.8) is 0 Å². The summed E-state index contributed by atoms with van der Waals surface area (Å²) in [7, 11) is 1.45. The van der Waals surface area contributed by atoms with Gasteiger partial charge in [-0.25, -0.2) is 24.0 Å². The number of hydrogen-bond donors (Lipinski definition) is 4. The Balaban J connectivity index is 3.80. The molecule has 0 bridgehead atoms. The molecule has 35 heavy (non-hydrogen) atoms. The second-order valence-corrected chi connectivity index (χ2v) is 6.44. The van der Waals surface area contributed by atoms with E-state index < -0.39 is 55.4 Å². The quantitative estimate of drug-likeness (QED) is 0.0686. The van der Waals surface area contributed by atoms with E-state index in [4.69, 9.17) is 14.2 Å². The second kappa shape index (κ2) is 18.4. The fourth-order valence-electron chi connectivity index (χ4n) is 1.75. The molecule has 0 aromatic rings. The van der Waals surface area contributed by atoms with E-state index in [0.717, 1.165) is 0 Å². The first-order valence-electron chi connectivity index (χ1n) is 10.0.